The van der Waals surface area contributed by atoms with E-state index < -0.39 is 0 Å². The van der Waals surface area contributed by atoms with Crippen molar-refractivity contribution in [1.29, 1.82) is 0 Å². The summed E-state index contributed by atoms with van der Waals surface area (Å²) in [6.07, 6.45) is 5.95. The summed E-state index contributed by atoms with van der Waals surface area (Å²) in [6.45, 7) is 6.00. The smallest absolute Gasteiger partial charge is 0.123 e. The van der Waals surface area contributed by atoms with Crippen molar-refractivity contribution in [2.45, 2.75) is 45.2 Å². The van der Waals surface area contributed by atoms with Gasteiger partial charge in [0.1, 0.15) is 11.6 Å². The molecule has 0 amide bonds. The van der Waals surface area contributed by atoms with Crippen LogP contribution in [0.25, 0.3) is 0 Å². The summed E-state index contributed by atoms with van der Waals surface area (Å²) < 4.78 is 19.2. The zero-order valence-electron chi connectivity index (χ0n) is 17.4. The Labute approximate surface area is 192 Å². The molecule has 3 nitrogen and oxygen atoms in total. The molecule has 0 aliphatic carbocycles. The van der Waals surface area contributed by atoms with Crippen LogP contribution in [0.15, 0.2) is 42.5 Å². The molecular formula is C24H33Cl2FN2O. The summed E-state index contributed by atoms with van der Waals surface area (Å²) in [7, 11) is 0. The Morgan fingerprint density at radius 1 is 1.00 bits per heavy atom. The van der Waals surface area contributed by atoms with Crippen molar-refractivity contribution in [3.63, 3.8) is 0 Å². The number of benzene rings is 2. The Morgan fingerprint density at radius 2 is 1.77 bits per heavy atom. The van der Waals surface area contributed by atoms with Gasteiger partial charge in [0.05, 0.1) is 6.61 Å². The van der Waals surface area contributed by atoms with Gasteiger partial charge >= 0.3 is 0 Å². The number of fused-ring (bicyclic) bond motifs is 1. The highest BCUT2D eigenvalue weighted by Gasteiger charge is 2.16. The van der Waals surface area contributed by atoms with E-state index in [2.05, 4.69) is 28.4 Å². The minimum atomic E-state index is -0.169. The Hall–Kier alpha value is -1.33. The van der Waals surface area contributed by atoms with Crippen LogP contribution in [0.1, 0.15) is 42.4 Å². The van der Waals surface area contributed by atoms with Crippen LogP contribution in [0.5, 0.6) is 5.75 Å². The maximum atomic E-state index is 13.1. The lowest BCUT2D eigenvalue weighted by Crippen LogP contribution is -2.28. The van der Waals surface area contributed by atoms with Gasteiger partial charge in [-0.25, -0.2) is 4.39 Å². The number of hydrogen-bond donors (Lipinski definition) is 1. The third-order valence-corrected chi connectivity index (χ3v) is 6.07. The van der Waals surface area contributed by atoms with E-state index in [1.54, 1.807) is 12.1 Å². The molecule has 1 fully saturated rings. The van der Waals surface area contributed by atoms with Gasteiger partial charge in [0.15, 0.2) is 0 Å². The third-order valence-electron chi connectivity index (χ3n) is 6.07. The zero-order chi connectivity index (χ0) is 19.2. The summed E-state index contributed by atoms with van der Waals surface area (Å²) in [5.74, 6) is 1.65. The largest absolute Gasteiger partial charge is 0.494 e. The monoisotopic (exact) mass is 454 g/mol. The van der Waals surface area contributed by atoms with E-state index in [-0.39, 0.29) is 30.6 Å². The molecule has 0 atom stereocenters. The molecule has 1 N–H and O–H groups in total. The van der Waals surface area contributed by atoms with E-state index in [0.29, 0.717) is 0 Å². The van der Waals surface area contributed by atoms with E-state index >= 15 is 0 Å². The molecule has 2 aromatic rings. The predicted molar refractivity (Wildman–Crippen MR) is 125 cm³/mol. The van der Waals surface area contributed by atoms with Crippen LogP contribution in [0.4, 0.5) is 4.39 Å². The number of aryl methyl sites for hydroxylation is 1. The summed E-state index contributed by atoms with van der Waals surface area (Å²) in [5, 5.41) is 3.42. The average molecular weight is 455 g/mol. The van der Waals surface area contributed by atoms with Crippen LogP contribution < -0.4 is 10.1 Å². The van der Waals surface area contributed by atoms with Gasteiger partial charge in [0.2, 0.25) is 0 Å². The molecule has 1 saturated heterocycles. The molecule has 0 aromatic heterocycles. The minimum absolute atomic E-state index is 0. The molecule has 2 aromatic carbocycles. The standard InChI is InChI=1S/C24H31FN2O.2ClH/c25-23-6-3-20(4-7-23)17-27-14-1-2-21-16-24(8-5-22(21)18-27)28-15-11-19-9-12-26-13-10-19;;/h3-8,16,19,26H,1-2,9-15,17-18H2;2*1H. The van der Waals surface area contributed by atoms with Crippen LogP contribution in [0.3, 0.4) is 0 Å². The van der Waals surface area contributed by atoms with Crippen LogP contribution in [0, 0.1) is 11.7 Å². The van der Waals surface area contributed by atoms with E-state index in [1.165, 1.54) is 29.5 Å². The van der Waals surface area contributed by atoms with E-state index in [1.807, 2.05) is 12.1 Å². The number of hydrogen-bond acceptors (Lipinski definition) is 3. The normalized spacial score (nSPS) is 17.2. The van der Waals surface area contributed by atoms with E-state index in [9.17, 15) is 4.39 Å². The molecule has 0 bridgehead atoms. The second-order valence-electron chi connectivity index (χ2n) is 8.20. The Morgan fingerprint density at radius 3 is 2.53 bits per heavy atom. The first-order valence-electron chi connectivity index (χ1n) is 10.7. The molecule has 0 spiro atoms. The lowest BCUT2D eigenvalue weighted by molar-refractivity contribution is 0.251. The molecular weight excluding hydrogens is 422 g/mol. The highest BCUT2D eigenvalue weighted by atomic mass is 35.5. The van der Waals surface area contributed by atoms with Gasteiger partial charge in [0, 0.05) is 13.1 Å². The molecule has 6 heteroatoms. The molecule has 2 heterocycles. The van der Waals surface area contributed by atoms with Crippen LogP contribution in [-0.4, -0.2) is 31.1 Å². The first kappa shape index (κ1) is 24.9. The molecule has 2 aliphatic heterocycles. The number of rotatable bonds is 6. The highest BCUT2D eigenvalue weighted by Crippen LogP contribution is 2.25. The quantitative estimate of drug-likeness (QED) is 0.633. The van der Waals surface area contributed by atoms with Crippen LogP contribution in [0.2, 0.25) is 0 Å². The Kier molecular flexibility index (Phi) is 10.4. The third kappa shape index (κ3) is 7.12. The van der Waals surface area contributed by atoms with Crippen molar-refractivity contribution >= 4 is 24.8 Å². The number of piperidine rings is 1. The van der Waals surface area contributed by atoms with Gasteiger partial charge in [-0.1, -0.05) is 18.2 Å². The fourth-order valence-corrected chi connectivity index (χ4v) is 4.39. The van der Waals surface area contributed by atoms with E-state index in [0.717, 1.165) is 70.3 Å². The first-order valence-corrected chi connectivity index (χ1v) is 10.7. The van der Waals surface area contributed by atoms with Crippen LogP contribution >= 0.6 is 24.8 Å². The molecule has 4 rings (SSSR count). The lowest BCUT2D eigenvalue weighted by Gasteiger charge is -2.22. The van der Waals surface area contributed by atoms with Crippen molar-refractivity contribution < 1.29 is 9.13 Å². The van der Waals surface area contributed by atoms with Gasteiger partial charge in [-0.05, 0) is 98.6 Å². The molecule has 0 saturated carbocycles. The number of nitrogens with zero attached hydrogens (tertiary/aromatic N) is 1. The second kappa shape index (κ2) is 12.5. The second-order valence-corrected chi connectivity index (χ2v) is 8.20. The summed E-state index contributed by atoms with van der Waals surface area (Å²) in [4.78, 5) is 2.46. The van der Waals surface area contributed by atoms with Gasteiger partial charge in [-0.15, -0.1) is 24.8 Å². The molecule has 0 radical (unpaired) electrons. The van der Waals surface area contributed by atoms with E-state index in [4.69, 9.17) is 4.74 Å². The van der Waals surface area contributed by atoms with Crippen molar-refractivity contribution in [3.8, 4) is 5.75 Å². The molecule has 166 valence electrons. The summed E-state index contributed by atoms with van der Waals surface area (Å²) in [6, 6.07) is 13.5. The maximum absolute atomic E-state index is 13.1. The minimum Gasteiger partial charge on any atom is -0.494 e. The fourth-order valence-electron chi connectivity index (χ4n) is 4.39. The Balaban J connectivity index is 0.00000160. The molecule has 0 unspecified atom stereocenters. The summed E-state index contributed by atoms with van der Waals surface area (Å²) >= 11 is 0. The highest BCUT2D eigenvalue weighted by molar-refractivity contribution is 5.85. The first-order chi connectivity index (χ1) is 13.8. The molecule has 30 heavy (non-hydrogen) atoms. The number of nitrogens with one attached hydrogen (secondary N) is 1. The summed E-state index contributed by atoms with van der Waals surface area (Å²) in [5.41, 5.74) is 3.98. The lowest BCUT2D eigenvalue weighted by atomic mass is 9.95. The van der Waals surface area contributed by atoms with Gasteiger partial charge < -0.3 is 10.1 Å². The van der Waals surface area contributed by atoms with Crippen LogP contribution in [-0.2, 0) is 19.5 Å². The average Bonchev–Trinajstić information content (AvgIpc) is 2.92. The zero-order valence-corrected chi connectivity index (χ0v) is 19.1. The van der Waals surface area contributed by atoms with Crippen molar-refractivity contribution in [2.24, 2.45) is 5.92 Å². The molecule has 2 aliphatic rings. The topological polar surface area (TPSA) is 24.5 Å². The number of halogens is 3. The fraction of sp³-hybridized carbons (Fsp3) is 0.500. The van der Waals surface area contributed by atoms with Crippen molar-refractivity contribution in [3.05, 3.63) is 65.0 Å². The predicted octanol–water partition coefficient (Wildman–Crippen LogP) is 5.39. The maximum Gasteiger partial charge on any atom is 0.123 e. The number of ether oxygens (including phenoxy) is 1. The van der Waals surface area contributed by atoms with Gasteiger partial charge in [-0.2, -0.15) is 0 Å². The van der Waals surface area contributed by atoms with Crippen molar-refractivity contribution in [1.82, 2.24) is 10.2 Å². The van der Waals surface area contributed by atoms with Gasteiger partial charge in [-0.3, -0.25) is 4.90 Å². The van der Waals surface area contributed by atoms with Crippen molar-refractivity contribution in [2.75, 3.05) is 26.2 Å². The van der Waals surface area contributed by atoms with Gasteiger partial charge in [0.25, 0.3) is 0 Å². The Bertz CT molecular complexity index is 766. The SMILES string of the molecule is Cl.Cl.Fc1ccc(CN2CCCc3cc(OCCC4CCNCC4)ccc3C2)cc1.